The Bertz CT molecular complexity index is 350. The van der Waals surface area contributed by atoms with Gasteiger partial charge in [0.15, 0.2) is 0 Å². The molecule has 82 valence electrons. The highest BCUT2D eigenvalue weighted by molar-refractivity contribution is 9.10. The van der Waals surface area contributed by atoms with E-state index in [2.05, 4.69) is 31.9 Å². The fraction of sp³-hybridized carbons (Fsp3) is 0.364. The largest absolute Gasteiger partial charge is 0.481 e. The molecule has 15 heavy (non-hydrogen) atoms. The molecule has 0 unspecified atom stereocenters. The maximum atomic E-state index is 10.6. The molecule has 1 aromatic rings. The Hall–Kier alpha value is -0.350. The van der Waals surface area contributed by atoms with Gasteiger partial charge >= 0.3 is 5.97 Å². The normalized spacial score (nSPS) is 10.3. The first-order valence-electron chi connectivity index (χ1n) is 4.68. The molecule has 0 heterocycles. The lowest BCUT2D eigenvalue weighted by atomic mass is 10.1. The summed E-state index contributed by atoms with van der Waals surface area (Å²) in [5.41, 5.74) is 2.06. The van der Waals surface area contributed by atoms with Crippen LogP contribution in [0, 0.1) is 0 Å². The lowest BCUT2D eigenvalue weighted by Crippen LogP contribution is -2.01. The number of aryl methyl sites for hydroxylation is 1. The minimum atomic E-state index is -0.802. The molecule has 0 aromatic heterocycles. The molecular weight excluding hydrogens is 324 g/mol. The first-order valence-corrected chi connectivity index (χ1v) is 6.60. The Balaban J connectivity index is 2.74. The molecule has 2 nitrogen and oxygen atoms in total. The number of alkyl halides is 1. The van der Waals surface area contributed by atoms with Crippen molar-refractivity contribution in [3.05, 3.63) is 33.8 Å². The van der Waals surface area contributed by atoms with Crippen LogP contribution in [0.25, 0.3) is 0 Å². The van der Waals surface area contributed by atoms with Crippen molar-refractivity contribution in [1.82, 2.24) is 0 Å². The van der Waals surface area contributed by atoms with E-state index in [-0.39, 0.29) is 6.42 Å². The molecule has 0 aliphatic carbocycles. The average Bonchev–Trinajstić information content (AvgIpc) is 2.18. The second-order valence-electron chi connectivity index (χ2n) is 3.29. The number of aliphatic carboxylic acids is 1. The van der Waals surface area contributed by atoms with Crippen LogP contribution < -0.4 is 0 Å². The lowest BCUT2D eigenvalue weighted by molar-refractivity contribution is -0.136. The van der Waals surface area contributed by atoms with E-state index in [1.165, 1.54) is 5.56 Å². The summed E-state index contributed by atoms with van der Waals surface area (Å²) in [6.07, 6.45) is 2.17. The summed E-state index contributed by atoms with van der Waals surface area (Å²) in [4.78, 5) is 10.6. The average molecular weight is 336 g/mol. The van der Waals surface area contributed by atoms with Crippen LogP contribution in [-0.4, -0.2) is 16.4 Å². The van der Waals surface area contributed by atoms with Gasteiger partial charge in [-0.1, -0.05) is 44.0 Å². The van der Waals surface area contributed by atoms with Gasteiger partial charge in [0.25, 0.3) is 0 Å². The number of halogens is 2. The number of benzene rings is 1. The van der Waals surface area contributed by atoms with Crippen LogP contribution in [0.3, 0.4) is 0 Å². The molecule has 0 amide bonds. The van der Waals surface area contributed by atoms with Gasteiger partial charge in [-0.05, 0) is 30.0 Å². The lowest BCUT2D eigenvalue weighted by Gasteiger charge is -2.05. The van der Waals surface area contributed by atoms with Crippen molar-refractivity contribution in [2.45, 2.75) is 19.3 Å². The van der Waals surface area contributed by atoms with Gasteiger partial charge in [0, 0.05) is 9.80 Å². The third-order valence-electron chi connectivity index (χ3n) is 2.06. The van der Waals surface area contributed by atoms with Crippen molar-refractivity contribution in [1.29, 1.82) is 0 Å². The van der Waals surface area contributed by atoms with E-state index in [9.17, 15) is 4.79 Å². The fourth-order valence-electron chi connectivity index (χ4n) is 1.32. The molecule has 0 atom stereocenters. The maximum Gasteiger partial charge on any atom is 0.307 e. The second-order valence-corrected chi connectivity index (χ2v) is 4.94. The van der Waals surface area contributed by atoms with Crippen molar-refractivity contribution in [2.75, 3.05) is 5.33 Å². The van der Waals surface area contributed by atoms with Gasteiger partial charge < -0.3 is 5.11 Å². The Morgan fingerprint density at radius 1 is 1.40 bits per heavy atom. The Labute approximate surface area is 106 Å². The van der Waals surface area contributed by atoms with E-state index in [1.807, 2.05) is 18.2 Å². The molecule has 0 aliphatic rings. The summed E-state index contributed by atoms with van der Waals surface area (Å²) in [5.74, 6) is -0.802. The quantitative estimate of drug-likeness (QED) is 0.837. The molecule has 1 rings (SSSR count). The summed E-state index contributed by atoms with van der Waals surface area (Å²) in [5, 5.41) is 9.66. The smallest absolute Gasteiger partial charge is 0.307 e. The number of rotatable bonds is 5. The van der Waals surface area contributed by atoms with Crippen LogP contribution in [0.5, 0.6) is 0 Å². The molecule has 0 aliphatic heterocycles. The van der Waals surface area contributed by atoms with Crippen LogP contribution >= 0.6 is 31.9 Å². The van der Waals surface area contributed by atoms with Crippen LogP contribution in [0.2, 0.25) is 0 Å². The highest BCUT2D eigenvalue weighted by atomic mass is 79.9. The van der Waals surface area contributed by atoms with Gasteiger partial charge in [-0.2, -0.15) is 0 Å². The van der Waals surface area contributed by atoms with Crippen molar-refractivity contribution < 1.29 is 9.90 Å². The van der Waals surface area contributed by atoms with Crippen LogP contribution in [-0.2, 0) is 17.6 Å². The first kappa shape index (κ1) is 12.7. The van der Waals surface area contributed by atoms with Crippen molar-refractivity contribution in [2.24, 2.45) is 0 Å². The summed E-state index contributed by atoms with van der Waals surface area (Å²) >= 11 is 6.78. The van der Waals surface area contributed by atoms with Crippen molar-refractivity contribution in [3.63, 3.8) is 0 Å². The minimum absolute atomic E-state index is 0.0688. The van der Waals surface area contributed by atoms with E-state index >= 15 is 0 Å². The number of carbonyl (C=O) groups is 1. The van der Waals surface area contributed by atoms with Gasteiger partial charge in [-0.3, -0.25) is 4.79 Å². The SMILES string of the molecule is O=C(O)Cc1ccc(CCCBr)cc1Br. The number of carboxylic acid groups (broad SMARTS) is 1. The van der Waals surface area contributed by atoms with E-state index in [0.717, 1.165) is 28.2 Å². The topological polar surface area (TPSA) is 37.3 Å². The van der Waals surface area contributed by atoms with Crippen LogP contribution in [0.1, 0.15) is 17.5 Å². The molecular formula is C11H12Br2O2. The highest BCUT2D eigenvalue weighted by Gasteiger charge is 2.05. The Morgan fingerprint density at radius 3 is 2.67 bits per heavy atom. The zero-order valence-corrected chi connectivity index (χ0v) is 11.3. The van der Waals surface area contributed by atoms with Crippen molar-refractivity contribution >= 4 is 37.8 Å². The minimum Gasteiger partial charge on any atom is -0.481 e. The number of carboxylic acids is 1. The van der Waals surface area contributed by atoms with E-state index in [1.54, 1.807) is 0 Å². The predicted octanol–water partition coefficient (Wildman–Crippen LogP) is 3.40. The molecule has 0 fully saturated rings. The molecule has 0 saturated heterocycles. The summed E-state index contributed by atoms with van der Waals surface area (Å²) in [7, 11) is 0. The van der Waals surface area contributed by atoms with Gasteiger partial charge in [-0.25, -0.2) is 0 Å². The van der Waals surface area contributed by atoms with Gasteiger partial charge in [0.2, 0.25) is 0 Å². The predicted molar refractivity (Wildman–Crippen MR) is 67.6 cm³/mol. The highest BCUT2D eigenvalue weighted by Crippen LogP contribution is 2.20. The van der Waals surface area contributed by atoms with Gasteiger partial charge in [0.05, 0.1) is 6.42 Å². The van der Waals surface area contributed by atoms with Crippen LogP contribution in [0.15, 0.2) is 22.7 Å². The summed E-state index contributed by atoms with van der Waals surface area (Å²) < 4.78 is 0.886. The Kier molecular flexibility index (Phi) is 5.32. The van der Waals surface area contributed by atoms with Crippen molar-refractivity contribution in [3.8, 4) is 0 Å². The molecule has 4 heteroatoms. The molecule has 0 saturated carbocycles. The van der Waals surface area contributed by atoms with E-state index in [4.69, 9.17) is 5.11 Å². The zero-order valence-electron chi connectivity index (χ0n) is 8.17. The number of hydrogen-bond donors (Lipinski definition) is 1. The fourth-order valence-corrected chi connectivity index (χ4v) is 2.17. The van der Waals surface area contributed by atoms with Gasteiger partial charge in [-0.15, -0.1) is 0 Å². The molecule has 0 radical (unpaired) electrons. The summed E-state index contributed by atoms with van der Waals surface area (Å²) in [6.45, 7) is 0. The molecule has 1 aromatic carbocycles. The standard InChI is InChI=1S/C11H12Br2O2/c12-5-1-2-8-3-4-9(7-11(14)15)10(13)6-8/h3-4,6H,1-2,5,7H2,(H,14,15). The summed E-state index contributed by atoms with van der Waals surface area (Å²) in [6, 6.07) is 5.87. The second kappa shape index (κ2) is 6.28. The third-order valence-corrected chi connectivity index (χ3v) is 3.36. The van der Waals surface area contributed by atoms with Crippen LogP contribution in [0.4, 0.5) is 0 Å². The van der Waals surface area contributed by atoms with Gasteiger partial charge in [0.1, 0.15) is 0 Å². The first-order chi connectivity index (χ1) is 7.13. The monoisotopic (exact) mass is 334 g/mol. The van der Waals surface area contributed by atoms with E-state index < -0.39 is 5.97 Å². The third kappa shape index (κ3) is 4.34. The maximum absolute atomic E-state index is 10.6. The zero-order chi connectivity index (χ0) is 11.3. The molecule has 0 bridgehead atoms. The Morgan fingerprint density at radius 2 is 2.13 bits per heavy atom. The van der Waals surface area contributed by atoms with E-state index in [0.29, 0.717) is 0 Å². The molecule has 1 N–H and O–H groups in total. The number of hydrogen-bond acceptors (Lipinski definition) is 1. The molecule has 0 spiro atoms.